The van der Waals surface area contributed by atoms with Crippen LogP contribution < -0.4 is 11.1 Å². The first-order chi connectivity index (χ1) is 8.45. The minimum absolute atomic E-state index is 0. The molecule has 1 aromatic rings. The highest BCUT2D eigenvalue weighted by atomic mass is 35.5. The third-order valence-electron chi connectivity index (χ3n) is 3.57. The van der Waals surface area contributed by atoms with Gasteiger partial charge in [-0.25, -0.2) is 0 Å². The maximum absolute atomic E-state index is 11.9. The zero-order chi connectivity index (χ0) is 13.8. The molecule has 1 amide bonds. The van der Waals surface area contributed by atoms with Crippen LogP contribution in [0.4, 0.5) is 0 Å². The minimum Gasteiger partial charge on any atom is -0.456 e. The first-order valence-corrected chi connectivity index (χ1v) is 6.62. The van der Waals surface area contributed by atoms with Gasteiger partial charge in [-0.3, -0.25) is 4.79 Å². The molecule has 0 radical (unpaired) electrons. The zero-order valence-electron chi connectivity index (χ0n) is 12.2. The summed E-state index contributed by atoms with van der Waals surface area (Å²) in [6, 6.07) is 1.78. The number of hydrogen-bond acceptors (Lipinski definition) is 3. The predicted octanol–water partition coefficient (Wildman–Crippen LogP) is 2.82. The highest BCUT2D eigenvalue weighted by molar-refractivity contribution is 5.91. The third-order valence-corrected chi connectivity index (χ3v) is 3.57. The van der Waals surface area contributed by atoms with E-state index < -0.39 is 0 Å². The van der Waals surface area contributed by atoms with Crippen molar-refractivity contribution in [3.8, 4) is 0 Å². The van der Waals surface area contributed by atoms with E-state index in [0.29, 0.717) is 12.3 Å². The van der Waals surface area contributed by atoms with Crippen molar-refractivity contribution < 1.29 is 9.21 Å². The Balaban J connectivity index is 0.00000324. The number of carbonyl (C=O) groups excluding carboxylic acids is 1. The molecule has 0 saturated heterocycles. The summed E-state index contributed by atoms with van der Waals surface area (Å²) >= 11 is 0. The summed E-state index contributed by atoms with van der Waals surface area (Å²) in [5.41, 5.74) is 6.83. The molecule has 19 heavy (non-hydrogen) atoms. The van der Waals surface area contributed by atoms with Gasteiger partial charge in [-0.05, 0) is 31.4 Å². The summed E-state index contributed by atoms with van der Waals surface area (Å²) < 4.78 is 5.51. The lowest BCUT2D eigenvalue weighted by atomic mass is 9.94. The first kappa shape index (κ1) is 18.0. The van der Waals surface area contributed by atoms with Crippen molar-refractivity contribution in [2.24, 2.45) is 5.73 Å². The fraction of sp³-hybridized carbons (Fsp3) is 0.643. The second-order valence-corrected chi connectivity index (χ2v) is 4.82. The van der Waals surface area contributed by atoms with E-state index in [2.05, 4.69) is 5.32 Å². The SMILES string of the molecule is CCc1oc(C(=O)NCC(N)(CC)CC)cc1C.Cl. The molecule has 0 spiro atoms. The average Bonchev–Trinajstić information content (AvgIpc) is 2.77. The van der Waals surface area contributed by atoms with Crippen LogP contribution in [0.5, 0.6) is 0 Å². The highest BCUT2D eigenvalue weighted by Gasteiger charge is 2.22. The normalized spacial score (nSPS) is 11.0. The fourth-order valence-corrected chi connectivity index (χ4v) is 1.83. The Morgan fingerprint density at radius 3 is 2.37 bits per heavy atom. The van der Waals surface area contributed by atoms with Gasteiger partial charge in [0, 0.05) is 18.5 Å². The molecule has 0 bridgehead atoms. The molecule has 1 rings (SSSR count). The Kier molecular flexibility index (Phi) is 7.16. The van der Waals surface area contributed by atoms with E-state index in [1.807, 2.05) is 27.7 Å². The standard InChI is InChI=1S/C14H24N2O2.ClH/c1-5-11-10(4)8-12(18-11)13(17)16-9-14(15,6-2)7-3;/h8H,5-7,9,15H2,1-4H3,(H,16,17);1H. The lowest BCUT2D eigenvalue weighted by Gasteiger charge is -2.26. The molecule has 0 aliphatic carbocycles. The van der Waals surface area contributed by atoms with Crippen LogP contribution in [0.15, 0.2) is 10.5 Å². The molecule has 0 unspecified atom stereocenters. The summed E-state index contributed by atoms with van der Waals surface area (Å²) in [6.07, 6.45) is 2.46. The number of halogens is 1. The van der Waals surface area contributed by atoms with Gasteiger partial charge in [0.05, 0.1) is 0 Å². The number of aryl methyl sites for hydroxylation is 2. The first-order valence-electron chi connectivity index (χ1n) is 6.62. The van der Waals surface area contributed by atoms with E-state index in [-0.39, 0.29) is 23.9 Å². The van der Waals surface area contributed by atoms with E-state index in [4.69, 9.17) is 10.2 Å². The summed E-state index contributed by atoms with van der Waals surface area (Å²) in [5, 5.41) is 2.85. The second kappa shape index (κ2) is 7.56. The Morgan fingerprint density at radius 1 is 1.37 bits per heavy atom. The molecule has 1 aromatic heterocycles. The third kappa shape index (κ3) is 4.55. The van der Waals surface area contributed by atoms with Gasteiger partial charge in [0.25, 0.3) is 5.91 Å². The Morgan fingerprint density at radius 2 is 1.95 bits per heavy atom. The molecule has 0 aromatic carbocycles. The maximum atomic E-state index is 11.9. The quantitative estimate of drug-likeness (QED) is 0.846. The zero-order valence-corrected chi connectivity index (χ0v) is 13.0. The molecular formula is C14H25ClN2O2. The van der Waals surface area contributed by atoms with Crippen LogP contribution in [0.1, 0.15) is 55.5 Å². The van der Waals surface area contributed by atoms with Gasteiger partial charge in [-0.1, -0.05) is 20.8 Å². The highest BCUT2D eigenvalue weighted by Crippen LogP contribution is 2.15. The van der Waals surface area contributed by atoms with E-state index >= 15 is 0 Å². The summed E-state index contributed by atoms with van der Waals surface area (Å²) in [6.45, 7) is 8.49. The number of carbonyl (C=O) groups is 1. The van der Waals surface area contributed by atoms with Gasteiger partial charge in [-0.2, -0.15) is 0 Å². The minimum atomic E-state index is -0.328. The van der Waals surface area contributed by atoms with Gasteiger partial charge >= 0.3 is 0 Å². The maximum Gasteiger partial charge on any atom is 0.287 e. The van der Waals surface area contributed by atoms with E-state index in [0.717, 1.165) is 30.6 Å². The van der Waals surface area contributed by atoms with Crippen LogP contribution in [0.25, 0.3) is 0 Å². The molecule has 0 atom stereocenters. The number of amides is 1. The van der Waals surface area contributed by atoms with Gasteiger partial charge in [0.1, 0.15) is 5.76 Å². The fourth-order valence-electron chi connectivity index (χ4n) is 1.83. The van der Waals surface area contributed by atoms with Crippen LogP contribution in [0.3, 0.4) is 0 Å². The topological polar surface area (TPSA) is 68.3 Å². The summed E-state index contributed by atoms with van der Waals surface area (Å²) in [5.74, 6) is 1.05. The molecular weight excluding hydrogens is 264 g/mol. The van der Waals surface area contributed by atoms with Crippen LogP contribution in [0.2, 0.25) is 0 Å². The Hall–Kier alpha value is -1.00. The van der Waals surface area contributed by atoms with Crippen LogP contribution >= 0.6 is 12.4 Å². The molecule has 3 N–H and O–H groups in total. The molecule has 110 valence electrons. The van der Waals surface area contributed by atoms with Gasteiger partial charge < -0.3 is 15.5 Å². The van der Waals surface area contributed by atoms with Crippen LogP contribution in [-0.4, -0.2) is 18.0 Å². The van der Waals surface area contributed by atoms with Crippen LogP contribution in [0, 0.1) is 6.92 Å². The van der Waals surface area contributed by atoms with E-state index in [1.54, 1.807) is 6.07 Å². The molecule has 1 heterocycles. The van der Waals surface area contributed by atoms with Crippen molar-refractivity contribution >= 4 is 18.3 Å². The predicted molar refractivity (Wildman–Crippen MR) is 79.9 cm³/mol. The number of furan rings is 1. The Bertz CT molecular complexity index is 412. The molecule has 5 heteroatoms. The lowest BCUT2D eigenvalue weighted by Crippen LogP contribution is -2.49. The van der Waals surface area contributed by atoms with Gasteiger partial charge in [-0.15, -0.1) is 12.4 Å². The van der Waals surface area contributed by atoms with Crippen molar-refractivity contribution in [3.63, 3.8) is 0 Å². The molecule has 0 aliphatic heterocycles. The van der Waals surface area contributed by atoms with Crippen molar-refractivity contribution in [1.29, 1.82) is 0 Å². The van der Waals surface area contributed by atoms with Crippen molar-refractivity contribution in [2.45, 2.75) is 52.5 Å². The molecule has 0 fully saturated rings. The molecule has 0 aliphatic rings. The van der Waals surface area contributed by atoms with Crippen molar-refractivity contribution in [1.82, 2.24) is 5.32 Å². The van der Waals surface area contributed by atoms with E-state index in [9.17, 15) is 4.79 Å². The molecule has 0 saturated carbocycles. The second-order valence-electron chi connectivity index (χ2n) is 4.82. The summed E-state index contributed by atoms with van der Waals surface area (Å²) in [4.78, 5) is 11.9. The lowest BCUT2D eigenvalue weighted by molar-refractivity contribution is 0.0912. The smallest absolute Gasteiger partial charge is 0.287 e. The monoisotopic (exact) mass is 288 g/mol. The number of nitrogens with two attached hydrogens (primary N) is 1. The molecule has 4 nitrogen and oxygen atoms in total. The number of rotatable bonds is 6. The summed E-state index contributed by atoms with van der Waals surface area (Å²) in [7, 11) is 0. The van der Waals surface area contributed by atoms with Crippen molar-refractivity contribution in [3.05, 3.63) is 23.2 Å². The largest absolute Gasteiger partial charge is 0.456 e. The average molecular weight is 289 g/mol. The number of nitrogens with one attached hydrogen (secondary N) is 1. The van der Waals surface area contributed by atoms with E-state index in [1.165, 1.54) is 0 Å². The van der Waals surface area contributed by atoms with Crippen molar-refractivity contribution in [2.75, 3.05) is 6.54 Å². The van der Waals surface area contributed by atoms with Gasteiger partial charge in [0.2, 0.25) is 0 Å². The van der Waals surface area contributed by atoms with Crippen LogP contribution in [-0.2, 0) is 6.42 Å². The van der Waals surface area contributed by atoms with Gasteiger partial charge in [0.15, 0.2) is 5.76 Å². The number of hydrogen-bond donors (Lipinski definition) is 2. The Labute approximate surface area is 121 Å².